The lowest BCUT2D eigenvalue weighted by atomic mass is 10.2. The van der Waals surface area contributed by atoms with Gasteiger partial charge in [0.05, 0.1) is 25.6 Å². The van der Waals surface area contributed by atoms with E-state index in [1.807, 2.05) is 13.0 Å². The fourth-order valence-corrected chi connectivity index (χ4v) is 1.15. The van der Waals surface area contributed by atoms with Crippen LogP contribution in [-0.4, -0.2) is 42.9 Å². The summed E-state index contributed by atoms with van der Waals surface area (Å²) in [6.45, 7) is 4.01. The first-order valence-corrected chi connectivity index (χ1v) is 5.25. The number of nitriles is 1. The van der Waals surface area contributed by atoms with E-state index in [1.54, 1.807) is 18.9 Å². The minimum absolute atomic E-state index is 0.0103. The summed E-state index contributed by atoms with van der Waals surface area (Å²) in [6, 6.07) is 2.05. The summed E-state index contributed by atoms with van der Waals surface area (Å²) in [5.74, 6) is -0.681. The number of ketones is 1. The molecule has 0 saturated heterocycles. The van der Waals surface area contributed by atoms with Crippen LogP contribution in [0.4, 0.5) is 0 Å². The predicted molar refractivity (Wildman–Crippen MR) is 58.6 cm³/mol. The summed E-state index contributed by atoms with van der Waals surface area (Å²) < 4.78 is 4.67. The number of nitrogens with zero attached hydrogens (tertiary/aromatic N) is 2. The molecule has 1 atom stereocenters. The molecule has 0 aromatic carbocycles. The van der Waals surface area contributed by atoms with Gasteiger partial charge in [0.25, 0.3) is 0 Å². The zero-order valence-corrected chi connectivity index (χ0v) is 10.0. The first kappa shape index (κ1) is 14.6. The van der Waals surface area contributed by atoms with Crippen molar-refractivity contribution in [3.63, 3.8) is 0 Å². The van der Waals surface area contributed by atoms with Crippen molar-refractivity contribution in [2.24, 2.45) is 0 Å². The third-order valence-corrected chi connectivity index (χ3v) is 2.21. The fraction of sp³-hybridized carbons (Fsp3) is 0.727. The molecule has 5 heteroatoms. The monoisotopic (exact) mass is 226 g/mol. The normalized spacial score (nSPS) is 11.9. The molecular weight excluding hydrogens is 208 g/mol. The fourth-order valence-electron chi connectivity index (χ4n) is 1.15. The van der Waals surface area contributed by atoms with Crippen molar-refractivity contribution >= 4 is 11.8 Å². The topological polar surface area (TPSA) is 70.4 Å². The van der Waals surface area contributed by atoms with E-state index >= 15 is 0 Å². The molecule has 0 radical (unpaired) electrons. The molecule has 5 nitrogen and oxygen atoms in total. The Labute approximate surface area is 96.0 Å². The van der Waals surface area contributed by atoms with Crippen LogP contribution in [0, 0.1) is 11.3 Å². The molecule has 1 unspecified atom stereocenters. The third kappa shape index (κ3) is 6.14. The molecule has 0 spiro atoms. The van der Waals surface area contributed by atoms with Crippen molar-refractivity contribution in [3.05, 3.63) is 0 Å². The van der Waals surface area contributed by atoms with Gasteiger partial charge in [-0.15, -0.1) is 0 Å². The summed E-state index contributed by atoms with van der Waals surface area (Å²) in [4.78, 5) is 24.2. The molecule has 0 fully saturated rings. The number of carbonyl (C=O) groups is 2. The average molecular weight is 226 g/mol. The van der Waals surface area contributed by atoms with Crippen LogP contribution in [0.1, 0.15) is 26.7 Å². The van der Waals surface area contributed by atoms with Gasteiger partial charge in [-0.05, 0) is 20.9 Å². The van der Waals surface area contributed by atoms with Gasteiger partial charge >= 0.3 is 5.97 Å². The van der Waals surface area contributed by atoms with E-state index in [2.05, 4.69) is 4.74 Å². The van der Waals surface area contributed by atoms with E-state index in [9.17, 15) is 9.59 Å². The average Bonchev–Trinajstić information content (AvgIpc) is 2.17. The molecule has 0 aromatic rings. The molecule has 0 rings (SSSR count). The maximum Gasteiger partial charge on any atom is 0.313 e. The second-order valence-corrected chi connectivity index (χ2v) is 3.65. The van der Waals surface area contributed by atoms with Crippen LogP contribution >= 0.6 is 0 Å². The van der Waals surface area contributed by atoms with Gasteiger partial charge in [0, 0.05) is 6.04 Å². The van der Waals surface area contributed by atoms with Crippen LogP contribution in [0.25, 0.3) is 0 Å². The molecule has 16 heavy (non-hydrogen) atoms. The molecule has 0 aliphatic rings. The second-order valence-electron chi connectivity index (χ2n) is 3.65. The van der Waals surface area contributed by atoms with Crippen LogP contribution < -0.4 is 0 Å². The molecule has 0 N–H and O–H groups in total. The summed E-state index contributed by atoms with van der Waals surface area (Å²) in [7, 11) is 1.76. The Morgan fingerprint density at radius 3 is 2.62 bits per heavy atom. The van der Waals surface area contributed by atoms with Gasteiger partial charge in [-0.1, -0.05) is 0 Å². The van der Waals surface area contributed by atoms with Crippen molar-refractivity contribution in [1.82, 2.24) is 4.90 Å². The van der Waals surface area contributed by atoms with Crippen LogP contribution in [0.3, 0.4) is 0 Å². The van der Waals surface area contributed by atoms with Gasteiger partial charge in [-0.2, -0.15) is 5.26 Å². The quantitative estimate of drug-likeness (QED) is 0.473. The van der Waals surface area contributed by atoms with Crippen molar-refractivity contribution < 1.29 is 14.3 Å². The Kier molecular flexibility index (Phi) is 7.14. The van der Waals surface area contributed by atoms with E-state index in [-0.39, 0.29) is 31.4 Å². The Balaban J connectivity index is 3.96. The van der Waals surface area contributed by atoms with E-state index in [0.717, 1.165) is 0 Å². The standard InChI is InChI=1S/C11H18N2O3/c1-4-16-11(15)7-10(14)8-13(3)9(2)5-6-12/h9H,4-5,7-8H2,1-3H3. The van der Waals surface area contributed by atoms with Crippen LogP contribution in [0.2, 0.25) is 0 Å². The van der Waals surface area contributed by atoms with Gasteiger partial charge in [-0.25, -0.2) is 0 Å². The number of carbonyl (C=O) groups excluding carboxylic acids is 2. The maximum absolute atomic E-state index is 11.4. The number of esters is 1. The number of rotatable bonds is 7. The summed E-state index contributed by atoms with van der Waals surface area (Å²) in [6.07, 6.45) is 0.167. The first-order valence-electron chi connectivity index (χ1n) is 5.25. The number of hydrogen-bond donors (Lipinski definition) is 0. The highest BCUT2D eigenvalue weighted by molar-refractivity contribution is 5.96. The molecule has 0 amide bonds. The minimum Gasteiger partial charge on any atom is -0.466 e. The lowest BCUT2D eigenvalue weighted by Gasteiger charge is -2.21. The highest BCUT2D eigenvalue weighted by Gasteiger charge is 2.15. The zero-order chi connectivity index (χ0) is 12.6. The van der Waals surface area contributed by atoms with E-state index in [1.165, 1.54) is 0 Å². The summed E-state index contributed by atoms with van der Waals surface area (Å²) in [5.41, 5.74) is 0. The Morgan fingerprint density at radius 1 is 1.50 bits per heavy atom. The second kappa shape index (κ2) is 7.83. The Morgan fingerprint density at radius 2 is 2.12 bits per heavy atom. The molecule has 0 saturated carbocycles. The number of likely N-dealkylation sites (N-methyl/N-ethyl adjacent to an activating group) is 1. The van der Waals surface area contributed by atoms with Gasteiger partial charge in [0.15, 0.2) is 5.78 Å². The lowest BCUT2D eigenvalue weighted by molar-refractivity contribution is -0.145. The third-order valence-electron chi connectivity index (χ3n) is 2.21. The van der Waals surface area contributed by atoms with Gasteiger partial charge in [0.1, 0.15) is 6.42 Å². The number of ether oxygens (including phenoxy) is 1. The van der Waals surface area contributed by atoms with Crippen LogP contribution in [-0.2, 0) is 14.3 Å². The van der Waals surface area contributed by atoms with E-state index in [4.69, 9.17) is 5.26 Å². The van der Waals surface area contributed by atoms with Crippen molar-refractivity contribution in [2.45, 2.75) is 32.7 Å². The largest absolute Gasteiger partial charge is 0.466 e. The molecule has 0 heterocycles. The molecule has 0 aromatic heterocycles. The van der Waals surface area contributed by atoms with Gasteiger partial charge < -0.3 is 4.74 Å². The molecule has 0 aliphatic heterocycles. The van der Waals surface area contributed by atoms with Gasteiger partial charge in [0.2, 0.25) is 0 Å². The summed E-state index contributed by atoms with van der Waals surface area (Å²) in [5, 5.41) is 8.50. The maximum atomic E-state index is 11.4. The number of hydrogen-bond acceptors (Lipinski definition) is 5. The highest BCUT2D eigenvalue weighted by Crippen LogP contribution is 2.01. The molecular formula is C11H18N2O3. The SMILES string of the molecule is CCOC(=O)CC(=O)CN(C)C(C)CC#N. The van der Waals surface area contributed by atoms with Crippen molar-refractivity contribution in [2.75, 3.05) is 20.2 Å². The minimum atomic E-state index is -0.492. The molecule has 0 bridgehead atoms. The summed E-state index contributed by atoms with van der Waals surface area (Å²) >= 11 is 0. The molecule has 90 valence electrons. The van der Waals surface area contributed by atoms with Crippen LogP contribution in [0.5, 0.6) is 0 Å². The van der Waals surface area contributed by atoms with Gasteiger partial charge in [-0.3, -0.25) is 14.5 Å². The smallest absolute Gasteiger partial charge is 0.313 e. The van der Waals surface area contributed by atoms with Crippen LogP contribution in [0.15, 0.2) is 0 Å². The van der Waals surface area contributed by atoms with E-state index in [0.29, 0.717) is 6.42 Å². The predicted octanol–water partition coefficient (Wildman–Crippen LogP) is 0.743. The highest BCUT2D eigenvalue weighted by atomic mass is 16.5. The molecule has 0 aliphatic carbocycles. The zero-order valence-electron chi connectivity index (χ0n) is 10.0. The Bertz CT molecular complexity index is 283. The van der Waals surface area contributed by atoms with E-state index < -0.39 is 5.97 Å². The lowest BCUT2D eigenvalue weighted by Crippen LogP contribution is -2.34. The number of Topliss-reactive ketones (excluding diaryl/α,β-unsaturated/α-hetero) is 1. The van der Waals surface area contributed by atoms with Crippen molar-refractivity contribution in [1.29, 1.82) is 5.26 Å². The van der Waals surface area contributed by atoms with Crippen molar-refractivity contribution in [3.8, 4) is 6.07 Å². The Hall–Kier alpha value is -1.41. The first-order chi connectivity index (χ1) is 7.51.